The Morgan fingerprint density at radius 2 is 2.43 bits per heavy atom. The van der Waals surface area contributed by atoms with Gasteiger partial charge in [-0.3, -0.25) is 4.79 Å². The number of nitrogens with one attached hydrogen (secondary N) is 2. The molecule has 0 spiro atoms. The third kappa shape index (κ3) is 3.50. The Morgan fingerprint density at radius 3 is 3.07 bits per heavy atom. The van der Waals surface area contributed by atoms with E-state index < -0.39 is 0 Å². The van der Waals surface area contributed by atoms with Crippen molar-refractivity contribution in [3.05, 3.63) is 12.2 Å². The minimum Gasteiger partial charge on any atom is -0.351 e. The first-order valence-electron chi connectivity index (χ1n) is 5.36. The first-order chi connectivity index (χ1) is 6.74. The molecule has 1 aliphatic rings. The highest BCUT2D eigenvalue weighted by molar-refractivity contribution is 5.81. The molecule has 80 valence electrons. The molecule has 1 amide bonds. The molecular formula is C11H20N2O. The van der Waals surface area contributed by atoms with Gasteiger partial charge in [-0.25, -0.2) is 0 Å². The van der Waals surface area contributed by atoms with Crippen LogP contribution in [0.5, 0.6) is 0 Å². The first kappa shape index (κ1) is 11.2. The van der Waals surface area contributed by atoms with Crippen molar-refractivity contribution < 1.29 is 4.79 Å². The number of amides is 1. The van der Waals surface area contributed by atoms with Crippen molar-refractivity contribution in [1.82, 2.24) is 10.6 Å². The number of piperidine rings is 1. The highest BCUT2D eigenvalue weighted by Gasteiger charge is 2.23. The molecule has 1 saturated heterocycles. The quantitative estimate of drug-likeness (QED) is 0.663. The normalized spacial score (nSPS) is 27.9. The van der Waals surface area contributed by atoms with Crippen LogP contribution in [0.25, 0.3) is 0 Å². The summed E-state index contributed by atoms with van der Waals surface area (Å²) in [5.74, 6) is 0.795. The lowest BCUT2D eigenvalue weighted by Gasteiger charge is -2.26. The number of carbonyl (C=O) groups is 1. The van der Waals surface area contributed by atoms with Crippen LogP contribution in [-0.2, 0) is 4.79 Å². The van der Waals surface area contributed by atoms with Crippen molar-refractivity contribution in [3.63, 3.8) is 0 Å². The van der Waals surface area contributed by atoms with Gasteiger partial charge >= 0.3 is 0 Å². The summed E-state index contributed by atoms with van der Waals surface area (Å²) in [6.45, 7) is 5.75. The Kier molecular flexibility index (Phi) is 4.66. The van der Waals surface area contributed by atoms with Gasteiger partial charge in [0.2, 0.25) is 5.91 Å². The van der Waals surface area contributed by atoms with Gasteiger partial charge in [-0.2, -0.15) is 0 Å². The SMILES string of the molecule is C/C=C/CNC(=O)C1CC(C)CCN1. The molecule has 3 heteroatoms. The van der Waals surface area contributed by atoms with Gasteiger partial charge < -0.3 is 10.6 Å². The Bertz CT molecular complexity index is 213. The summed E-state index contributed by atoms with van der Waals surface area (Å²) in [4.78, 5) is 11.6. The second kappa shape index (κ2) is 5.81. The number of hydrogen-bond acceptors (Lipinski definition) is 2. The van der Waals surface area contributed by atoms with E-state index in [1.807, 2.05) is 19.1 Å². The lowest BCUT2D eigenvalue weighted by atomic mass is 9.94. The van der Waals surface area contributed by atoms with Crippen LogP contribution in [0, 0.1) is 5.92 Å². The van der Waals surface area contributed by atoms with E-state index in [-0.39, 0.29) is 11.9 Å². The van der Waals surface area contributed by atoms with Gasteiger partial charge in [0, 0.05) is 6.54 Å². The van der Waals surface area contributed by atoms with Gasteiger partial charge in [-0.15, -0.1) is 0 Å². The third-order valence-corrected chi connectivity index (χ3v) is 2.61. The molecule has 0 aromatic rings. The molecule has 1 aliphatic heterocycles. The number of rotatable bonds is 3. The summed E-state index contributed by atoms with van der Waals surface area (Å²) < 4.78 is 0. The molecule has 2 atom stereocenters. The van der Waals surface area contributed by atoms with Crippen LogP contribution in [0.2, 0.25) is 0 Å². The Labute approximate surface area is 86.0 Å². The number of hydrogen-bond donors (Lipinski definition) is 2. The van der Waals surface area contributed by atoms with Crippen molar-refractivity contribution in [2.75, 3.05) is 13.1 Å². The molecule has 0 radical (unpaired) electrons. The molecule has 1 fully saturated rings. The maximum atomic E-state index is 11.6. The molecule has 0 aromatic carbocycles. The van der Waals surface area contributed by atoms with Gasteiger partial charge in [0.05, 0.1) is 6.04 Å². The fraction of sp³-hybridized carbons (Fsp3) is 0.727. The molecule has 3 nitrogen and oxygen atoms in total. The topological polar surface area (TPSA) is 41.1 Å². The zero-order chi connectivity index (χ0) is 10.4. The highest BCUT2D eigenvalue weighted by atomic mass is 16.2. The van der Waals surface area contributed by atoms with E-state index >= 15 is 0 Å². The average molecular weight is 196 g/mol. The second-order valence-corrected chi connectivity index (χ2v) is 3.95. The number of allylic oxidation sites excluding steroid dienone is 1. The molecule has 0 saturated carbocycles. The standard InChI is InChI=1S/C11H20N2O/c1-3-4-6-13-11(14)10-8-9(2)5-7-12-10/h3-4,9-10,12H,5-8H2,1-2H3,(H,13,14)/b4-3+. The summed E-state index contributed by atoms with van der Waals surface area (Å²) >= 11 is 0. The van der Waals surface area contributed by atoms with Crippen LogP contribution in [0.1, 0.15) is 26.7 Å². The minimum atomic E-state index is 0.0176. The van der Waals surface area contributed by atoms with Crippen molar-refractivity contribution in [2.24, 2.45) is 5.92 Å². The van der Waals surface area contributed by atoms with E-state index in [0.717, 1.165) is 13.0 Å². The van der Waals surface area contributed by atoms with Crippen LogP contribution < -0.4 is 10.6 Å². The van der Waals surface area contributed by atoms with Gasteiger partial charge in [0.15, 0.2) is 0 Å². The smallest absolute Gasteiger partial charge is 0.237 e. The fourth-order valence-electron chi connectivity index (χ4n) is 1.71. The maximum Gasteiger partial charge on any atom is 0.237 e. The molecule has 14 heavy (non-hydrogen) atoms. The molecular weight excluding hydrogens is 176 g/mol. The molecule has 0 bridgehead atoms. The Hall–Kier alpha value is -0.830. The summed E-state index contributed by atoms with van der Waals surface area (Å²) in [7, 11) is 0. The Balaban J connectivity index is 2.28. The van der Waals surface area contributed by atoms with Crippen LogP contribution in [-0.4, -0.2) is 25.0 Å². The first-order valence-corrected chi connectivity index (χ1v) is 5.36. The van der Waals surface area contributed by atoms with Gasteiger partial charge in [-0.1, -0.05) is 19.1 Å². The maximum absolute atomic E-state index is 11.6. The average Bonchev–Trinajstić information content (AvgIpc) is 2.18. The molecule has 2 N–H and O–H groups in total. The predicted octanol–water partition coefficient (Wildman–Crippen LogP) is 1.07. The predicted molar refractivity (Wildman–Crippen MR) is 58.0 cm³/mol. The summed E-state index contributed by atoms with van der Waals surface area (Å²) in [6, 6.07) is 0.0176. The van der Waals surface area contributed by atoms with Gasteiger partial charge in [0.1, 0.15) is 0 Å². The lowest BCUT2D eigenvalue weighted by Crippen LogP contribution is -2.48. The summed E-state index contributed by atoms with van der Waals surface area (Å²) in [5.41, 5.74) is 0. The molecule has 0 aliphatic carbocycles. The third-order valence-electron chi connectivity index (χ3n) is 2.61. The van der Waals surface area contributed by atoms with E-state index in [1.54, 1.807) is 0 Å². The van der Waals surface area contributed by atoms with Crippen LogP contribution >= 0.6 is 0 Å². The largest absolute Gasteiger partial charge is 0.351 e. The van der Waals surface area contributed by atoms with Crippen molar-refractivity contribution in [2.45, 2.75) is 32.7 Å². The van der Waals surface area contributed by atoms with E-state index in [0.29, 0.717) is 12.5 Å². The van der Waals surface area contributed by atoms with Crippen molar-refractivity contribution >= 4 is 5.91 Å². The molecule has 1 heterocycles. The highest BCUT2D eigenvalue weighted by Crippen LogP contribution is 2.14. The van der Waals surface area contributed by atoms with E-state index in [4.69, 9.17) is 0 Å². The van der Waals surface area contributed by atoms with E-state index in [9.17, 15) is 4.79 Å². The zero-order valence-corrected chi connectivity index (χ0v) is 9.05. The minimum absolute atomic E-state index is 0.0176. The molecule has 2 unspecified atom stereocenters. The zero-order valence-electron chi connectivity index (χ0n) is 9.05. The van der Waals surface area contributed by atoms with Gasteiger partial charge in [-0.05, 0) is 32.2 Å². The van der Waals surface area contributed by atoms with Crippen LogP contribution in [0.3, 0.4) is 0 Å². The van der Waals surface area contributed by atoms with E-state index in [1.165, 1.54) is 6.42 Å². The van der Waals surface area contributed by atoms with Crippen molar-refractivity contribution in [1.29, 1.82) is 0 Å². The van der Waals surface area contributed by atoms with Crippen LogP contribution in [0.4, 0.5) is 0 Å². The molecule has 0 aromatic heterocycles. The monoisotopic (exact) mass is 196 g/mol. The second-order valence-electron chi connectivity index (χ2n) is 3.95. The molecule has 1 rings (SSSR count). The van der Waals surface area contributed by atoms with Gasteiger partial charge in [0.25, 0.3) is 0 Å². The van der Waals surface area contributed by atoms with E-state index in [2.05, 4.69) is 17.6 Å². The summed E-state index contributed by atoms with van der Waals surface area (Å²) in [5, 5.41) is 6.13. The Morgan fingerprint density at radius 1 is 1.64 bits per heavy atom. The van der Waals surface area contributed by atoms with Crippen LogP contribution in [0.15, 0.2) is 12.2 Å². The van der Waals surface area contributed by atoms with Crippen molar-refractivity contribution in [3.8, 4) is 0 Å². The fourth-order valence-corrected chi connectivity index (χ4v) is 1.71. The summed E-state index contributed by atoms with van der Waals surface area (Å²) in [6.07, 6.45) is 6.03. The number of carbonyl (C=O) groups excluding carboxylic acids is 1. The lowest BCUT2D eigenvalue weighted by molar-refractivity contribution is -0.123.